The van der Waals surface area contributed by atoms with E-state index in [2.05, 4.69) is 87.5 Å². The molecule has 0 N–H and O–H groups in total. The van der Waals surface area contributed by atoms with Crippen molar-refractivity contribution < 1.29 is 0 Å². The molecule has 0 aliphatic rings. The molecule has 0 saturated heterocycles. The van der Waals surface area contributed by atoms with Crippen molar-refractivity contribution in [2.75, 3.05) is 0 Å². The van der Waals surface area contributed by atoms with Crippen molar-refractivity contribution in [3.8, 4) is 11.1 Å². The topological polar surface area (TPSA) is 0 Å². The maximum atomic E-state index is 2.25. The highest BCUT2D eigenvalue weighted by atomic mass is 14.1. The molecule has 104 valence electrons. The second-order valence-electron chi connectivity index (χ2n) is 5.50. The number of allylic oxidation sites excluding steroid dienone is 1. The molecular formula is C21H20. The highest BCUT2D eigenvalue weighted by Crippen LogP contribution is 2.33. The Morgan fingerprint density at radius 1 is 0.762 bits per heavy atom. The molecule has 0 amide bonds. The zero-order valence-electron chi connectivity index (χ0n) is 12.9. The van der Waals surface area contributed by atoms with Crippen molar-refractivity contribution in [1.82, 2.24) is 0 Å². The number of rotatable bonds is 2. The fourth-order valence-corrected chi connectivity index (χ4v) is 3.04. The molecule has 0 heteroatoms. The van der Waals surface area contributed by atoms with Crippen LogP contribution in [0.5, 0.6) is 0 Å². The predicted octanol–water partition coefficient (Wildman–Crippen LogP) is 6.16. The first-order valence-corrected chi connectivity index (χ1v) is 7.43. The average Bonchev–Trinajstić information content (AvgIpc) is 2.51. The number of hydrogen-bond acceptors (Lipinski definition) is 0. The molecule has 0 aliphatic heterocycles. The van der Waals surface area contributed by atoms with Gasteiger partial charge in [0.15, 0.2) is 0 Å². The third-order valence-corrected chi connectivity index (χ3v) is 4.15. The Hall–Kier alpha value is -2.34. The summed E-state index contributed by atoms with van der Waals surface area (Å²) in [5, 5.41) is 2.61. The standard InChI is InChI=1S/C21H20/c1-4-8-18-15(2)13-14-19(16(18)3)21-12-7-10-17-9-5-6-11-20(17)21/h4-14H,1-3H3. The third-order valence-electron chi connectivity index (χ3n) is 4.15. The van der Waals surface area contributed by atoms with Crippen LogP contribution in [-0.4, -0.2) is 0 Å². The maximum absolute atomic E-state index is 2.25. The molecule has 0 aromatic heterocycles. The number of aryl methyl sites for hydroxylation is 1. The predicted molar refractivity (Wildman–Crippen MR) is 93.6 cm³/mol. The first kappa shape index (κ1) is 13.6. The van der Waals surface area contributed by atoms with E-state index in [9.17, 15) is 0 Å². The van der Waals surface area contributed by atoms with Gasteiger partial charge in [0.25, 0.3) is 0 Å². The first-order chi connectivity index (χ1) is 10.2. The van der Waals surface area contributed by atoms with Crippen LogP contribution >= 0.6 is 0 Å². The Balaban J connectivity index is 2.31. The Labute approximate surface area is 126 Å². The maximum Gasteiger partial charge on any atom is -0.0103 e. The molecule has 3 aromatic rings. The van der Waals surface area contributed by atoms with Gasteiger partial charge in [0.1, 0.15) is 0 Å². The van der Waals surface area contributed by atoms with Gasteiger partial charge >= 0.3 is 0 Å². The minimum absolute atomic E-state index is 1.29. The van der Waals surface area contributed by atoms with Gasteiger partial charge in [0, 0.05) is 0 Å². The Morgan fingerprint density at radius 3 is 2.33 bits per heavy atom. The Bertz CT molecular complexity index is 817. The third kappa shape index (κ3) is 2.38. The molecule has 0 atom stereocenters. The van der Waals surface area contributed by atoms with Crippen molar-refractivity contribution in [2.45, 2.75) is 20.8 Å². The lowest BCUT2D eigenvalue weighted by atomic mass is 9.90. The van der Waals surface area contributed by atoms with E-state index in [1.165, 1.54) is 38.6 Å². The van der Waals surface area contributed by atoms with E-state index in [0.29, 0.717) is 0 Å². The van der Waals surface area contributed by atoms with Crippen LogP contribution in [0.15, 0.2) is 60.7 Å². The lowest BCUT2D eigenvalue weighted by Crippen LogP contribution is -1.92. The SMILES string of the molecule is CC=Cc1c(C)ccc(-c2cccc3ccccc23)c1C. The molecule has 3 rings (SSSR count). The van der Waals surface area contributed by atoms with Gasteiger partial charge in [0.05, 0.1) is 0 Å². The lowest BCUT2D eigenvalue weighted by Gasteiger charge is -2.14. The largest absolute Gasteiger partial charge is 0.0870 e. The monoisotopic (exact) mass is 272 g/mol. The van der Waals surface area contributed by atoms with E-state index in [-0.39, 0.29) is 0 Å². The van der Waals surface area contributed by atoms with E-state index in [1.54, 1.807) is 0 Å². The zero-order chi connectivity index (χ0) is 14.8. The van der Waals surface area contributed by atoms with Crippen molar-refractivity contribution in [1.29, 1.82) is 0 Å². The molecule has 0 aliphatic carbocycles. The van der Waals surface area contributed by atoms with Crippen molar-refractivity contribution in [3.63, 3.8) is 0 Å². The molecular weight excluding hydrogens is 252 g/mol. The van der Waals surface area contributed by atoms with Crippen LogP contribution in [0.1, 0.15) is 23.6 Å². The summed E-state index contributed by atoms with van der Waals surface area (Å²) >= 11 is 0. The van der Waals surface area contributed by atoms with Crippen LogP contribution in [-0.2, 0) is 0 Å². The Kier molecular flexibility index (Phi) is 3.62. The highest BCUT2D eigenvalue weighted by molar-refractivity contribution is 5.97. The van der Waals surface area contributed by atoms with E-state index < -0.39 is 0 Å². The van der Waals surface area contributed by atoms with Crippen molar-refractivity contribution in [3.05, 3.63) is 77.4 Å². The molecule has 0 spiro atoms. The van der Waals surface area contributed by atoms with Crippen LogP contribution in [0.25, 0.3) is 28.0 Å². The van der Waals surface area contributed by atoms with E-state index in [0.717, 1.165) is 0 Å². The van der Waals surface area contributed by atoms with Crippen LogP contribution in [0, 0.1) is 13.8 Å². The number of fused-ring (bicyclic) bond motifs is 1. The fourth-order valence-electron chi connectivity index (χ4n) is 3.04. The molecule has 21 heavy (non-hydrogen) atoms. The quantitative estimate of drug-likeness (QED) is 0.524. The van der Waals surface area contributed by atoms with Gasteiger partial charge in [-0.2, -0.15) is 0 Å². The van der Waals surface area contributed by atoms with Crippen LogP contribution in [0.3, 0.4) is 0 Å². The molecule has 3 aromatic carbocycles. The first-order valence-electron chi connectivity index (χ1n) is 7.43. The molecule has 0 unspecified atom stereocenters. The summed E-state index contributed by atoms with van der Waals surface area (Å²) in [6.07, 6.45) is 4.32. The van der Waals surface area contributed by atoms with Crippen molar-refractivity contribution >= 4 is 16.8 Å². The number of hydrogen-bond donors (Lipinski definition) is 0. The van der Waals surface area contributed by atoms with Gasteiger partial charge in [-0.3, -0.25) is 0 Å². The molecule has 0 nitrogen and oxygen atoms in total. The van der Waals surface area contributed by atoms with Gasteiger partial charge in [0.2, 0.25) is 0 Å². The number of benzene rings is 3. The normalized spacial score (nSPS) is 11.4. The van der Waals surface area contributed by atoms with Gasteiger partial charge in [-0.15, -0.1) is 0 Å². The van der Waals surface area contributed by atoms with E-state index in [1.807, 2.05) is 0 Å². The van der Waals surface area contributed by atoms with Crippen molar-refractivity contribution in [2.24, 2.45) is 0 Å². The fraction of sp³-hybridized carbons (Fsp3) is 0.143. The molecule has 0 fully saturated rings. The molecule has 0 saturated carbocycles. The Morgan fingerprint density at radius 2 is 1.52 bits per heavy atom. The molecule has 0 bridgehead atoms. The lowest BCUT2D eigenvalue weighted by molar-refractivity contribution is 1.35. The van der Waals surface area contributed by atoms with Gasteiger partial charge in [-0.1, -0.05) is 66.7 Å². The summed E-state index contributed by atoms with van der Waals surface area (Å²) in [4.78, 5) is 0. The minimum Gasteiger partial charge on any atom is -0.0870 e. The highest BCUT2D eigenvalue weighted by Gasteiger charge is 2.09. The van der Waals surface area contributed by atoms with Gasteiger partial charge < -0.3 is 0 Å². The average molecular weight is 272 g/mol. The second-order valence-corrected chi connectivity index (χ2v) is 5.50. The van der Waals surface area contributed by atoms with Gasteiger partial charge in [-0.25, -0.2) is 0 Å². The van der Waals surface area contributed by atoms with Gasteiger partial charge in [-0.05, 0) is 59.4 Å². The smallest absolute Gasteiger partial charge is 0.0103 e. The molecule has 0 radical (unpaired) electrons. The van der Waals surface area contributed by atoms with E-state index in [4.69, 9.17) is 0 Å². The van der Waals surface area contributed by atoms with E-state index >= 15 is 0 Å². The summed E-state index contributed by atoms with van der Waals surface area (Å²) in [6, 6.07) is 19.6. The zero-order valence-corrected chi connectivity index (χ0v) is 12.9. The van der Waals surface area contributed by atoms with Crippen LogP contribution in [0.2, 0.25) is 0 Å². The van der Waals surface area contributed by atoms with Crippen LogP contribution in [0.4, 0.5) is 0 Å². The molecule has 0 heterocycles. The summed E-state index contributed by atoms with van der Waals surface area (Å²) in [7, 11) is 0. The van der Waals surface area contributed by atoms with Crippen LogP contribution < -0.4 is 0 Å². The summed E-state index contributed by atoms with van der Waals surface area (Å²) in [5.41, 5.74) is 6.66. The minimum atomic E-state index is 1.29. The summed E-state index contributed by atoms with van der Waals surface area (Å²) < 4.78 is 0. The summed E-state index contributed by atoms with van der Waals surface area (Å²) in [5.74, 6) is 0. The summed E-state index contributed by atoms with van der Waals surface area (Å²) in [6.45, 7) is 6.47. The second kappa shape index (κ2) is 5.57.